The molecule has 0 atom stereocenters. The van der Waals surface area contributed by atoms with Crippen LogP contribution in [0.4, 0.5) is 0 Å². The minimum atomic E-state index is 0.258. The molecule has 0 fully saturated rings. The van der Waals surface area contributed by atoms with Gasteiger partial charge in [-0.3, -0.25) is 0 Å². The van der Waals surface area contributed by atoms with E-state index in [2.05, 4.69) is 0 Å². The molecule has 0 aliphatic carbocycles. The van der Waals surface area contributed by atoms with Crippen molar-refractivity contribution in [2.24, 2.45) is 5.73 Å². The first-order valence-electron chi connectivity index (χ1n) is 5.53. The number of hydrogen-bond acceptors (Lipinski definition) is 2. The van der Waals surface area contributed by atoms with Gasteiger partial charge in [-0.25, -0.2) is 0 Å². The molecule has 0 aliphatic heterocycles. The Kier molecular flexibility index (Phi) is 4.64. The van der Waals surface area contributed by atoms with E-state index in [0.717, 1.165) is 5.56 Å². The summed E-state index contributed by atoms with van der Waals surface area (Å²) in [6, 6.07) is 12.6. The normalized spacial score (nSPS) is 10.2. The molecule has 0 radical (unpaired) electrons. The van der Waals surface area contributed by atoms with E-state index in [4.69, 9.17) is 45.9 Å². The molecule has 2 aromatic rings. The van der Waals surface area contributed by atoms with Gasteiger partial charge in [-0.1, -0.05) is 47.6 Å². The van der Waals surface area contributed by atoms with Gasteiger partial charge < -0.3 is 10.5 Å². The van der Waals surface area contributed by atoms with E-state index in [0.29, 0.717) is 28.0 Å². The van der Waals surface area contributed by atoms with Gasteiger partial charge in [0.15, 0.2) is 0 Å². The number of hydrogen-bond donors (Lipinski definition) is 1. The van der Waals surface area contributed by atoms with Crippen LogP contribution in [-0.2, 0) is 6.61 Å². The van der Waals surface area contributed by atoms with Crippen LogP contribution in [0.3, 0.4) is 0 Å². The zero-order valence-electron chi connectivity index (χ0n) is 9.90. The lowest BCUT2D eigenvalue weighted by molar-refractivity contribution is 0.305. The minimum Gasteiger partial charge on any atom is -0.488 e. The summed E-state index contributed by atoms with van der Waals surface area (Å²) in [4.78, 5) is 0.258. The highest BCUT2D eigenvalue weighted by Crippen LogP contribution is 2.24. The summed E-state index contributed by atoms with van der Waals surface area (Å²) >= 11 is 16.7. The number of nitrogens with two attached hydrogens (primary N) is 1. The van der Waals surface area contributed by atoms with Gasteiger partial charge in [-0.2, -0.15) is 0 Å². The number of halogens is 2. The summed E-state index contributed by atoms with van der Waals surface area (Å²) in [6.45, 7) is 0.411. The monoisotopic (exact) mass is 311 g/mol. The van der Waals surface area contributed by atoms with Crippen LogP contribution >= 0.6 is 35.4 Å². The molecule has 0 heterocycles. The predicted octanol–water partition coefficient (Wildman–Crippen LogP) is 4.21. The topological polar surface area (TPSA) is 35.2 Å². The number of rotatable bonds is 4. The molecule has 2 aromatic carbocycles. The van der Waals surface area contributed by atoms with Crippen LogP contribution in [0.15, 0.2) is 42.5 Å². The lowest BCUT2D eigenvalue weighted by Gasteiger charge is -2.11. The molecule has 0 amide bonds. The third-order valence-electron chi connectivity index (χ3n) is 2.51. The van der Waals surface area contributed by atoms with Crippen molar-refractivity contribution in [3.8, 4) is 5.75 Å². The van der Waals surface area contributed by atoms with Crippen LogP contribution in [0.25, 0.3) is 0 Å². The van der Waals surface area contributed by atoms with Crippen LogP contribution in [0, 0.1) is 0 Å². The Morgan fingerprint density at radius 3 is 2.32 bits per heavy atom. The summed E-state index contributed by atoms with van der Waals surface area (Å²) in [5.41, 5.74) is 7.29. The van der Waals surface area contributed by atoms with Gasteiger partial charge in [0.1, 0.15) is 17.3 Å². The highest BCUT2D eigenvalue weighted by molar-refractivity contribution is 7.80. The molecular weight excluding hydrogens is 301 g/mol. The third kappa shape index (κ3) is 3.83. The van der Waals surface area contributed by atoms with Crippen LogP contribution in [0.2, 0.25) is 10.0 Å². The first-order chi connectivity index (χ1) is 9.06. The third-order valence-corrected chi connectivity index (χ3v) is 3.22. The van der Waals surface area contributed by atoms with E-state index in [1.54, 1.807) is 18.2 Å². The lowest BCUT2D eigenvalue weighted by Crippen LogP contribution is -2.11. The molecule has 0 saturated heterocycles. The van der Waals surface area contributed by atoms with Crippen molar-refractivity contribution in [1.82, 2.24) is 0 Å². The Labute approximate surface area is 127 Å². The summed E-state index contributed by atoms with van der Waals surface area (Å²) in [7, 11) is 0. The van der Waals surface area contributed by atoms with Crippen molar-refractivity contribution in [3.63, 3.8) is 0 Å². The van der Waals surface area contributed by atoms with Gasteiger partial charge in [-0.15, -0.1) is 0 Å². The van der Waals surface area contributed by atoms with Crippen molar-refractivity contribution < 1.29 is 4.74 Å². The second-order valence-electron chi connectivity index (χ2n) is 3.92. The standard InChI is InChI=1S/C14H11Cl2NOS/c15-10-3-1-9(2-4-10)8-18-13-6-5-11(16)7-12(13)14(17)19/h1-7H,8H2,(H2,17,19). The molecule has 98 valence electrons. The molecule has 0 aliphatic rings. The molecule has 2 nitrogen and oxygen atoms in total. The SMILES string of the molecule is NC(=S)c1cc(Cl)ccc1OCc1ccc(Cl)cc1. The second-order valence-corrected chi connectivity index (χ2v) is 5.23. The molecule has 0 saturated carbocycles. The fourth-order valence-corrected chi connectivity index (χ4v) is 2.02. The molecule has 2 N–H and O–H groups in total. The van der Waals surface area contributed by atoms with E-state index >= 15 is 0 Å². The van der Waals surface area contributed by atoms with E-state index in [1.807, 2.05) is 24.3 Å². The molecular formula is C14H11Cl2NOS. The Morgan fingerprint density at radius 1 is 1.05 bits per heavy atom. The van der Waals surface area contributed by atoms with Crippen LogP contribution in [0.5, 0.6) is 5.75 Å². The molecule has 0 aromatic heterocycles. The predicted molar refractivity (Wildman–Crippen MR) is 83.1 cm³/mol. The van der Waals surface area contributed by atoms with Crippen LogP contribution < -0.4 is 10.5 Å². The van der Waals surface area contributed by atoms with Crippen molar-refractivity contribution in [1.29, 1.82) is 0 Å². The van der Waals surface area contributed by atoms with E-state index in [9.17, 15) is 0 Å². The van der Waals surface area contributed by atoms with Gasteiger partial charge in [0.05, 0.1) is 5.56 Å². The van der Waals surface area contributed by atoms with E-state index in [1.165, 1.54) is 0 Å². The first-order valence-corrected chi connectivity index (χ1v) is 6.69. The largest absolute Gasteiger partial charge is 0.488 e. The number of ether oxygens (including phenoxy) is 1. The van der Waals surface area contributed by atoms with Gasteiger partial charge in [-0.05, 0) is 35.9 Å². The van der Waals surface area contributed by atoms with E-state index in [-0.39, 0.29) is 4.99 Å². The summed E-state index contributed by atoms with van der Waals surface area (Å²) in [6.07, 6.45) is 0. The zero-order chi connectivity index (χ0) is 13.8. The van der Waals surface area contributed by atoms with Crippen molar-refractivity contribution in [3.05, 3.63) is 63.6 Å². The Hall–Kier alpha value is -1.29. The Morgan fingerprint density at radius 2 is 1.68 bits per heavy atom. The maximum Gasteiger partial charge on any atom is 0.130 e. The van der Waals surface area contributed by atoms with Crippen LogP contribution in [-0.4, -0.2) is 4.99 Å². The van der Waals surface area contributed by atoms with Gasteiger partial charge in [0.2, 0.25) is 0 Å². The van der Waals surface area contributed by atoms with Gasteiger partial charge in [0, 0.05) is 10.0 Å². The quantitative estimate of drug-likeness (QED) is 0.859. The first kappa shape index (κ1) is 14.1. The molecule has 0 bridgehead atoms. The van der Waals surface area contributed by atoms with Crippen molar-refractivity contribution in [2.45, 2.75) is 6.61 Å². The molecule has 2 rings (SSSR count). The molecule has 0 spiro atoms. The van der Waals surface area contributed by atoms with E-state index < -0.39 is 0 Å². The number of benzene rings is 2. The number of thiocarbonyl (C=S) groups is 1. The fraction of sp³-hybridized carbons (Fsp3) is 0.0714. The van der Waals surface area contributed by atoms with Crippen molar-refractivity contribution >= 4 is 40.4 Å². The fourth-order valence-electron chi connectivity index (χ4n) is 1.56. The summed E-state index contributed by atoms with van der Waals surface area (Å²) < 4.78 is 5.71. The van der Waals surface area contributed by atoms with Crippen molar-refractivity contribution in [2.75, 3.05) is 0 Å². The summed E-state index contributed by atoms with van der Waals surface area (Å²) in [5, 5.41) is 1.26. The molecule has 0 unspecified atom stereocenters. The average Bonchev–Trinajstić information content (AvgIpc) is 2.39. The minimum absolute atomic E-state index is 0.258. The van der Waals surface area contributed by atoms with Crippen LogP contribution in [0.1, 0.15) is 11.1 Å². The smallest absolute Gasteiger partial charge is 0.130 e. The maximum atomic E-state index is 5.91. The highest BCUT2D eigenvalue weighted by Gasteiger charge is 2.07. The maximum absolute atomic E-state index is 5.91. The van der Waals surface area contributed by atoms with Gasteiger partial charge in [0.25, 0.3) is 0 Å². The van der Waals surface area contributed by atoms with Gasteiger partial charge >= 0.3 is 0 Å². The Bertz CT molecular complexity index is 599. The average molecular weight is 312 g/mol. The molecule has 5 heteroatoms. The second kappa shape index (κ2) is 6.24. The summed E-state index contributed by atoms with van der Waals surface area (Å²) in [5.74, 6) is 0.617. The Balaban J connectivity index is 2.15. The lowest BCUT2D eigenvalue weighted by atomic mass is 10.2. The zero-order valence-corrected chi connectivity index (χ0v) is 12.2. The molecule has 19 heavy (non-hydrogen) atoms. The highest BCUT2D eigenvalue weighted by atomic mass is 35.5.